The van der Waals surface area contributed by atoms with Gasteiger partial charge in [0.1, 0.15) is 12.2 Å². The van der Waals surface area contributed by atoms with Crippen LogP contribution in [0.1, 0.15) is 17.5 Å². The Labute approximate surface area is 127 Å². The fraction of sp³-hybridized carbons (Fsp3) is 0.188. The van der Waals surface area contributed by atoms with E-state index in [2.05, 4.69) is 27.1 Å². The van der Waals surface area contributed by atoms with Crippen molar-refractivity contribution in [3.63, 3.8) is 0 Å². The molecule has 0 aliphatic rings. The van der Waals surface area contributed by atoms with Gasteiger partial charge in [-0.1, -0.05) is 42.2 Å². The summed E-state index contributed by atoms with van der Waals surface area (Å²) < 4.78 is 5.05. The van der Waals surface area contributed by atoms with Crippen LogP contribution in [-0.4, -0.2) is 22.6 Å². The van der Waals surface area contributed by atoms with Gasteiger partial charge in [0.15, 0.2) is 0 Å². The Hall–Kier alpha value is -3.07. The highest BCUT2D eigenvalue weighted by Gasteiger charge is 2.00. The van der Waals surface area contributed by atoms with E-state index >= 15 is 0 Å². The van der Waals surface area contributed by atoms with Gasteiger partial charge in [-0.05, 0) is 5.56 Å². The van der Waals surface area contributed by atoms with Crippen molar-refractivity contribution in [3.05, 3.63) is 64.3 Å². The quantitative estimate of drug-likeness (QED) is 0.660. The Bertz CT molecular complexity index is 729. The topological polar surface area (TPSA) is 84.1 Å². The van der Waals surface area contributed by atoms with E-state index in [9.17, 15) is 9.59 Å². The number of carbonyl (C=O) groups is 1. The smallest absolute Gasteiger partial charge is 0.407 e. The predicted octanol–water partition coefficient (Wildman–Crippen LogP) is 1.44. The number of ether oxygens (including phenoxy) is 1. The molecular weight excluding hydrogens is 282 g/mol. The Balaban J connectivity index is 1.68. The molecule has 1 heterocycles. The molecule has 22 heavy (non-hydrogen) atoms. The molecule has 2 aromatic rings. The Morgan fingerprint density at radius 1 is 1.32 bits per heavy atom. The monoisotopic (exact) mass is 297 g/mol. The number of hydrogen-bond donors (Lipinski definition) is 2. The number of nitrogens with zero attached hydrogens (tertiary/aromatic N) is 1. The van der Waals surface area contributed by atoms with E-state index in [0.29, 0.717) is 18.5 Å². The van der Waals surface area contributed by atoms with Gasteiger partial charge in [0, 0.05) is 19.2 Å². The number of H-pyrrole nitrogens is 1. The fourth-order valence-corrected chi connectivity index (χ4v) is 1.59. The lowest BCUT2D eigenvalue weighted by Crippen LogP contribution is -2.24. The van der Waals surface area contributed by atoms with Crippen LogP contribution in [0.2, 0.25) is 0 Å². The van der Waals surface area contributed by atoms with Crippen LogP contribution >= 0.6 is 0 Å². The maximum absolute atomic E-state index is 11.5. The predicted molar refractivity (Wildman–Crippen MR) is 81.0 cm³/mol. The second-order valence-corrected chi connectivity index (χ2v) is 4.33. The molecule has 0 saturated heterocycles. The molecule has 0 saturated carbocycles. The summed E-state index contributed by atoms with van der Waals surface area (Å²) in [7, 11) is 0. The fourth-order valence-electron chi connectivity index (χ4n) is 1.59. The van der Waals surface area contributed by atoms with Crippen molar-refractivity contribution in [1.82, 2.24) is 15.3 Å². The molecule has 0 fully saturated rings. The summed E-state index contributed by atoms with van der Waals surface area (Å²) in [5.41, 5.74) is 0.945. The summed E-state index contributed by atoms with van der Waals surface area (Å²) >= 11 is 0. The Kier molecular flexibility index (Phi) is 5.76. The van der Waals surface area contributed by atoms with Crippen LogP contribution in [0.4, 0.5) is 4.79 Å². The van der Waals surface area contributed by atoms with Crippen molar-refractivity contribution in [3.8, 4) is 11.8 Å². The third-order valence-corrected chi connectivity index (χ3v) is 2.67. The molecule has 6 nitrogen and oxygen atoms in total. The minimum absolute atomic E-state index is 0.226. The number of hydrogen-bond acceptors (Lipinski definition) is 4. The highest BCUT2D eigenvalue weighted by Crippen LogP contribution is 2.00. The summed E-state index contributed by atoms with van der Waals surface area (Å²) in [6.07, 6.45) is 2.62. The highest BCUT2D eigenvalue weighted by molar-refractivity contribution is 5.67. The van der Waals surface area contributed by atoms with E-state index in [1.165, 1.54) is 12.5 Å². The summed E-state index contributed by atoms with van der Waals surface area (Å²) in [5.74, 6) is 5.49. The third-order valence-electron chi connectivity index (χ3n) is 2.67. The number of nitrogens with one attached hydrogen (secondary N) is 2. The molecule has 6 heteroatoms. The first-order valence-electron chi connectivity index (χ1n) is 6.72. The molecule has 0 aliphatic heterocycles. The molecule has 1 amide bonds. The second-order valence-electron chi connectivity index (χ2n) is 4.33. The lowest BCUT2D eigenvalue weighted by atomic mass is 10.2. The number of amides is 1. The van der Waals surface area contributed by atoms with Crippen LogP contribution in [0, 0.1) is 11.8 Å². The maximum atomic E-state index is 11.5. The molecule has 1 aromatic heterocycles. The average molecular weight is 297 g/mol. The van der Waals surface area contributed by atoms with Gasteiger partial charge in [-0.15, -0.1) is 0 Å². The molecule has 0 spiro atoms. The number of aromatic nitrogens is 2. The third kappa shape index (κ3) is 5.13. The first-order valence-corrected chi connectivity index (χ1v) is 6.72. The van der Waals surface area contributed by atoms with Gasteiger partial charge in [-0.2, -0.15) is 0 Å². The van der Waals surface area contributed by atoms with E-state index < -0.39 is 6.09 Å². The first-order chi connectivity index (χ1) is 10.8. The van der Waals surface area contributed by atoms with Crippen molar-refractivity contribution in [2.24, 2.45) is 0 Å². The molecule has 2 N–H and O–H groups in total. The normalized spacial score (nSPS) is 9.45. The van der Waals surface area contributed by atoms with Crippen LogP contribution in [0.15, 0.2) is 47.7 Å². The zero-order chi connectivity index (χ0) is 15.6. The summed E-state index contributed by atoms with van der Waals surface area (Å²) in [5, 5.41) is 2.59. The van der Waals surface area contributed by atoms with Crippen LogP contribution < -0.4 is 10.9 Å². The van der Waals surface area contributed by atoms with Crippen LogP contribution in [0.5, 0.6) is 0 Å². The Morgan fingerprint density at radius 2 is 2.14 bits per heavy atom. The van der Waals surface area contributed by atoms with E-state index in [4.69, 9.17) is 4.74 Å². The highest BCUT2D eigenvalue weighted by atomic mass is 16.5. The van der Waals surface area contributed by atoms with Crippen molar-refractivity contribution in [1.29, 1.82) is 0 Å². The number of alkyl carbamates (subject to hydrolysis) is 1. The van der Waals surface area contributed by atoms with Crippen LogP contribution in [-0.2, 0) is 11.3 Å². The molecule has 0 atom stereocenters. The summed E-state index contributed by atoms with van der Waals surface area (Å²) in [6.45, 7) is 0.572. The lowest BCUT2D eigenvalue weighted by molar-refractivity contribution is 0.140. The molecular formula is C16H15N3O3. The average Bonchev–Trinajstić information content (AvgIpc) is 2.55. The summed E-state index contributed by atoms with van der Waals surface area (Å²) in [6, 6.07) is 9.42. The van der Waals surface area contributed by atoms with Crippen LogP contribution in [0.3, 0.4) is 0 Å². The molecule has 0 radical (unpaired) electrons. The van der Waals surface area contributed by atoms with E-state index in [0.717, 1.165) is 5.56 Å². The second kappa shape index (κ2) is 8.27. The van der Waals surface area contributed by atoms with Gasteiger partial charge in [-0.3, -0.25) is 4.79 Å². The number of benzene rings is 1. The van der Waals surface area contributed by atoms with Crippen molar-refractivity contribution in [2.75, 3.05) is 6.54 Å². The van der Waals surface area contributed by atoms with Gasteiger partial charge < -0.3 is 15.0 Å². The van der Waals surface area contributed by atoms with Crippen molar-refractivity contribution < 1.29 is 9.53 Å². The van der Waals surface area contributed by atoms with Gasteiger partial charge in [0.2, 0.25) is 0 Å². The molecule has 112 valence electrons. The van der Waals surface area contributed by atoms with Gasteiger partial charge in [-0.25, -0.2) is 9.78 Å². The minimum Gasteiger partial charge on any atom is -0.445 e. The van der Waals surface area contributed by atoms with Crippen molar-refractivity contribution in [2.45, 2.75) is 13.0 Å². The van der Waals surface area contributed by atoms with Crippen molar-refractivity contribution >= 4 is 6.09 Å². The Morgan fingerprint density at radius 3 is 2.91 bits per heavy atom. The molecule has 0 bridgehead atoms. The van der Waals surface area contributed by atoms with Crippen LogP contribution in [0.25, 0.3) is 0 Å². The molecule has 2 rings (SSSR count). The zero-order valence-corrected chi connectivity index (χ0v) is 11.8. The molecule has 1 aromatic carbocycles. The van der Waals surface area contributed by atoms with Gasteiger partial charge in [0.25, 0.3) is 5.56 Å². The van der Waals surface area contributed by atoms with Gasteiger partial charge >= 0.3 is 6.09 Å². The zero-order valence-electron chi connectivity index (χ0n) is 11.8. The minimum atomic E-state index is -0.495. The largest absolute Gasteiger partial charge is 0.445 e. The lowest BCUT2D eigenvalue weighted by Gasteiger charge is -2.05. The van der Waals surface area contributed by atoms with E-state index in [1.807, 2.05) is 30.3 Å². The summed E-state index contributed by atoms with van der Waals surface area (Å²) in [4.78, 5) is 29.0. The van der Waals surface area contributed by atoms with Gasteiger partial charge in [0.05, 0.1) is 6.33 Å². The number of aromatic amines is 1. The SMILES string of the molecule is O=C(NCCC#Cc1cnc[nH]c1=O)OCc1ccccc1. The number of rotatable bonds is 4. The van der Waals surface area contributed by atoms with E-state index in [1.54, 1.807) is 0 Å². The number of carbonyl (C=O) groups excluding carboxylic acids is 1. The first kappa shape index (κ1) is 15.3. The maximum Gasteiger partial charge on any atom is 0.407 e. The molecule has 0 aliphatic carbocycles. The van der Waals surface area contributed by atoms with E-state index in [-0.39, 0.29) is 12.2 Å². The standard InChI is InChI=1S/C16H15N3O3/c20-15-14(10-17-12-19-15)8-4-5-9-18-16(21)22-11-13-6-2-1-3-7-13/h1-3,6-7,10,12H,5,9,11H2,(H,18,21)(H,17,19,20). The molecule has 0 unspecified atom stereocenters.